The lowest BCUT2D eigenvalue weighted by Gasteiger charge is -2.11. The molecule has 1 heterocycles. The molecule has 12 heteroatoms. The molecular formula is C15H10F3N3O5S. The summed E-state index contributed by atoms with van der Waals surface area (Å²) in [4.78, 5) is 24.8. The number of anilines is 1. The molecule has 3 rings (SSSR count). The first-order valence-electron chi connectivity index (χ1n) is 7.17. The van der Waals surface area contributed by atoms with Gasteiger partial charge in [-0.05, 0) is 36.4 Å². The zero-order chi connectivity index (χ0) is 20.0. The minimum absolute atomic E-state index is 0.0392. The Morgan fingerprint density at radius 1 is 1.07 bits per heavy atom. The van der Waals surface area contributed by atoms with Crippen molar-refractivity contribution in [2.24, 2.45) is 0 Å². The van der Waals surface area contributed by atoms with Crippen LogP contribution in [0.3, 0.4) is 0 Å². The standard InChI is InChI=1S/C15H10F3N3O5S/c16-15(17,18)8-2-1-3-10(6-8)27(25,26)20-9-4-5-12-11(7-9)13(22)21(24)14(23)19-12/h1-7,20,24H,(H,19,23). The van der Waals surface area contributed by atoms with E-state index < -0.39 is 37.9 Å². The van der Waals surface area contributed by atoms with E-state index in [-0.39, 0.29) is 21.3 Å². The molecular weight excluding hydrogens is 391 g/mol. The average Bonchev–Trinajstić information content (AvgIpc) is 2.59. The average molecular weight is 401 g/mol. The molecule has 0 atom stereocenters. The number of rotatable bonds is 3. The lowest BCUT2D eigenvalue weighted by Crippen LogP contribution is -2.33. The number of alkyl halides is 3. The van der Waals surface area contributed by atoms with Crippen LogP contribution in [0.1, 0.15) is 5.56 Å². The predicted molar refractivity (Wildman–Crippen MR) is 88.3 cm³/mol. The van der Waals surface area contributed by atoms with Gasteiger partial charge in [-0.15, -0.1) is 0 Å². The molecule has 0 amide bonds. The Labute approximate surface area is 148 Å². The molecule has 0 aliphatic heterocycles. The van der Waals surface area contributed by atoms with Gasteiger partial charge in [-0.2, -0.15) is 13.2 Å². The third kappa shape index (κ3) is 3.51. The normalized spacial score (nSPS) is 12.3. The topological polar surface area (TPSA) is 121 Å². The maximum atomic E-state index is 12.8. The molecule has 0 aliphatic carbocycles. The highest BCUT2D eigenvalue weighted by Gasteiger charge is 2.31. The number of nitrogens with zero attached hydrogens (tertiary/aromatic N) is 1. The lowest BCUT2D eigenvalue weighted by atomic mass is 10.2. The van der Waals surface area contributed by atoms with Gasteiger partial charge in [-0.3, -0.25) is 9.52 Å². The molecule has 142 valence electrons. The number of nitrogens with one attached hydrogen (secondary N) is 2. The first-order chi connectivity index (χ1) is 12.5. The minimum Gasteiger partial charge on any atom is -0.421 e. The quantitative estimate of drug-likeness (QED) is 0.578. The van der Waals surface area contributed by atoms with Crippen LogP contribution >= 0.6 is 0 Å². The molecule has 3 aromatic rings. The number of sulfonamides is 1. The number of H-pyrrole nitrogens is 1. The van der Waals surface area contributed by atoms with E-state index in [0.29, 0.717) is 6.07 Å². The van der Waals surface area contributed by atoms with Crippen LogP contribution in [0.4, 0.5) is 18.9 Å². The van der Waals surface area contributed by atoms with Gasteiger partial charge >= 0.3 is 11.9 Å². The maximum absolute atomic E-state index is 12.8. The van der Waals surface area contributed by atoms with Gasteiger partial charge in [0.25, 0.3) is 15.6 Å². The van der Waals surface area contributed by atoms with Crippen molar-refractivity contribution in [3.05, 3.63) is 68.9 Å². The van der Waals surface area contributed by atoms with Gasteiger partial charge in [-0.1, -0.05) is 10.8 Å². The van der Waals surface area contributed by atoms with Gasteiger partial charge in [0.15, 0.2) is 0 Å². The predicted octanol–water partition coefficient (Wildman–Crippen LogP) is 1.75. The second-order valence-corrected chi connectivity index (χ2v) is 7.12. The molecule has 0 bridgehead atoms. The summed E-state index contributed by atoms with van der Waals surface area (Å²) in [7, 11) is -4.39. The Morgan fingerprint density at radius 2 is 1.78 bits per heavy atom. The van der Waals surface area contributed by atoms with E-state index >= 15 is 0 Å². The zero-order valence-electron chi connectivity index (χ0n) is 13.1. The Kier molecular flexibility index (Phi) is 4.22. The highest BCUT2D eigenvalue weighted by molar-refractivity contribution is 7.92. The molecule has 0 saturated carbocycles. The van der Waals surface area contributed by atoms with E-state index in [1.165, 1.54) is 12.1 Å². The van der Waals surface area contributed by atoms with Gasteiger partial charge in [0.05, 0.1) is 21.4 Å². The first-order valence-corrected chi connectivity index (χ1v) is 8.66. The number of aromatic nitrogens is 2. The van der Waals surface area contributed by atoms with Crippen molar-refractivity contribution in [2.75, 3.05) is 4.72 Å². The fraction of sp³-hybridized carbons (Fsp3) is 0.0667. The van der Waals surface area contributed by atoms with E-state index in [1.807, 2.05) is 4.72 Å². The van der Waals surface area contributed by atoms with E-state index in [9.17, 15) is 36.4 Å². The summed E-state index contributed by atoms with van der Waals surface area (Å²) < 4.78 is 64.9. The highest BCUT2D eigenvalue weighted by Crippen LogP contribution is 2.31. The summed E-state index contributed by atoms with van der Waals surface area (Å²) in [5.41, 5.74) is -3.41. The molecule has 0 unspecified atom stereocenters. The van der Waals surface area contributed by atoms with E-state index in [1.54, 1.807) is 0 Å². The number of aromatic amines is 1. The molecule has 0 saturated heterocycles. The SMILES string of the molecule is O=c1[nH]c2ccc(NS(=O)(=O)c3cccc(C(F)(F)F)c3)cc2c(=O)n1O. The first kappa shape index (κ1) is 18.5. The molecule has 0 fully saturated rings. The van der Waals surface area contributed by atoms with E-state index in [2.05, 4.69) is 4.98 Å². The van der Waals surface area contributed by atoms with Gasteiger partial charge < -0.3 is 10.2 Å². The Bertz CT molecular complexity index is 1260. The second kappa shape index (κ2) is 6.16. The van der Waals surface area contributed by atoms with Crippen LogP contribution in [-0.4, -0.2) is 23.3 Å². The molecule has 0 aliphatic rings. The van der Waals surface area contributed by atoms with Crippen LogP contribution in [0.5, 0.6) is 0 Å². The van der Waals surface area contributed by atoms with Crippen LogP contribution in [-0.2, 0) is 16.2 Å². The van der Waals surface area contributed by atoms with Gasteiger partial charge in [0.2, 0.25) is 0 Å². The molecule has 2 aromatic carbocycles. The summed E-state index contributed by atoms with van der Waals surface area (Å²) in [6.07, 6.45) is -4.72. The molecule has 3 N–H and O–H groups in total. The van der Waals surface area contributed by atoms with Crippen molar-refractivity contribution in [1.29, 1.82) is 0 Å². The smallest absolute Gasteiger partial charge is 0.416 e. The van der Waals surface area contributed by atoms with E-state index in [4.69, 9.17) is 0 Å². The van der Waals surface area contributed by atoms with E-state index in [0.717, 1.165) is 24.3 Å². The lowest BCUT2D eigenvalue weighted by molar-refractivity contribution is -0.137. The van der Waals surface area contributed by atoms with Crippen molar-refractivity contribution >= 4 is 26.6 Å². The van der Waals surface area contributed by atoms with Crippen molar-refractivity contribution in [2.45, 2.75) is 11.1 Å². The van der Waals surface area contributed by atoms with Crippen molar-refractivity contribution in [3.63, 3.8) is 0 Å². The molecule has 8 nitrogen and oxygen atoms in total. The Hall–Kier alpha value is -3.28. The fourth-order valence-electron chi connectivity index (χ4n) is 2.32. The second-order valence-electron chi connectivity index (χ2n) is 5.44. The van der Waals surface area contributed by atoms with Crippen LogP contribution < -0.4 is 16.0 Å². The van der Waals surface area contributed by atoms with Crippen molar-refractivity contribution in [3.8, 4) is 0 Å². The number of hydrogen-bond acceptors (Lipinski definition) is 5. The number of hydrogen-bond donors (Lipinski definition) is 3. The summed E-state index contributed by atoms with van der Waals surface area (Å²) >= 11 is 0. The molecule has 1 aromatic heterocycles. The number of halogens is 3. The number of benzene rings is 2. The Balaban J connectivity index is 2.04. The third-order valence-corrected chi connectivity index (χ3v) is 4.98. The van der Waals surface area contributed by atoms with Crippen LogP contribution in [0.25, 0.3) is 10.9 Å². The van der Waals surface area contributed by atoms with Crippen LogP contribution in [0.15, 0.2) is 56.9 Å². The summed E-state index contributed by atoms with van der Waals surface area (Å²) in [5, 5.41) is 9.12. The maximum Gasteiger partial charge on any atom is 0.416 e. The third-order valence-electron chi connectivity index (χ3n) is 3.60. The monoisotopic (exact) mass is 401 g/mol. The summed E-state index contributed by atoms with van der Waals surface area (Å²) in [5.74, 6) is 0. The molecule has 27 heavy (non-hydrogen) atoms. The van der Waals surface area contributed by atoms with Gasteiger partial charge in [-0.25, -0.2) is 13.2 Å². The van der Waals surface area contributed by atoms with Crippen LogP contribution in [0.2, 0.25) is 0 Å². The number of fused-ring (bicyclic) bond motifs is 1. The Morgan fingerprint density at radius 3 is 2.44 bits per heavy atom. The van der Waals surface area contributed by atoms with Crippen molar-refractivity contribution < 1.29 is 26.8 Å². The summed E-state index contributed by atoms with van der Waals surface area (Å²) in [6, 6.07) is 6.58. The van der Waals surface area contributed by atoms with Crippen molar-refractivity contribution in [1.82, 2.24) is 9.71 Å². The van der Waals surface area contributed by atoms with Gasteiger partial charge in [0, 0.05) is 5.69 Å². The molecule has 0 radical (unpaired) electrons. The summed E-state index contributed by atoms with van der Waals surface area (Å²) in [6.45, 7) is 0. The van der Waals surface area contributed by atoms with Gasteiger partial charge in [0.1, 0.15) is 0 Å². The highest BCUT2D eigenvalue weighted by atomic mass is 32.2. The minimum atomic E-state index is -4.72. The fourth-order valence-corrected chi connectivity index (χ4v) is 3.42. The zero-order valence-corrected chi connectivity index (χ0v) is 13.9. The van der Waals surface area contributed by atoms with Crippen LogP contribution in [0, 0.1) is 0 Å². The largest absolute Gasteiger partial charge is 0.421 e. The molecule has 0 spiro atoms.